The molecule has 3 N–H and O–H groups in total. The molecule has 0 rings (SSSR count). The van der Waals surface area contributed by atoms with Crippen LogP contribution in [0.25, 0.3) is 0 Å². The predicted octanol–water partition coefficient (Wildman–Crippen LogP) is 10.5. The molecule has 0 fully saturated rings. The molecule has 0 aromatic heterocycles. The summed E-state index contributed by atoms with van der Waals surface area (Å²) in [5.41, 5.74) is 0. The molecule has 0 unspecified atom stereocenters. The van der Waals surface area contributed by atoms with Crippen molar-refractivity contribution in [3.63, 3.8) is 0 Å². The van der Waals surface area contributed by atoms with E-state index < -0.39 is 5.79 Å². The van der Waals surface area contributed by atoms with Gasteiger partial charge in [-0.1, -0.05) is 175 Å². The summed E-state index contributed by atoms with van der Waals surface area (Å²) in [7, 11) is 1.81. The second-order valence-corrected chi connectivity index (χ2v) is 12.6. The minimum absolute atomic E-state index is 0.0190. The van der Waals surface area contributed by atoms with E-state index in [0.29, 0.717) is 19.3 Å². The van der Waals surface area contributed by atoms with E-state index >= 15 is 0 Å². The SMILES string of the molecule is CCCCCCCCCCCCCCCC(=O)NC(CC)(NC)NC(=O)CCCCCCCCCCCCCCC. The highest BCUT2D eigenvalue weighted by Crippen LogP contribution is 2.15. The lowest BCUT2D eigenvalue weighted by Crippen LogP contribution is -2.67. The Bertz CT molecular complexity index is 531. The van der Waals surface area contributed by atoms with E-state index in [2.05, 4.69) is 29.8 Å². The molecule has 5 heteroatoms. The molecule has 0 heterocycles. The highest BCUT2D eigenvalue weighted by atomic mass is 16.2. The summed E-state index contributed by atoms with van der Waals surface area (Å²) in [6.45, 7) is 6.54. The minimum Gasteiger partial charge on any atom is -0.321 e. The Hall–Kier alpha value is -1.10. The van der Waals surface area contributed by atoms with Crippen LogP contribution in [0, 0.1) is 0 Å². The van der Waals surface area contributed by atoms with E-state index in [4.69, 9.17) is 0 Å². The van der Waals surface area contributed by atoms with E-state index in [0.717, 1.165) is 25.7 Å². The summed E-state index contributed by atoms with van der Waals surface area (Å²) in [6.07, 6.45) is 35.5. The largest absolute Gasteiger partial charge is 0.321 e. The Balaban J connectivity index is 3.82. The van der Waals surface area contributed by atoms with Crippen molar-refractivity contribution >= 4 is 11.8 Å². The van der Waals surface area contributed by atoms with Gasteiger partial charge in [-0.05, 0) is 19.9 Å². The van der Waals surface area contributed by atoms with Crippen LogP contribution in [0.15, 0.2) is 0 Å². The van der Waals surface area contributed by atoms with Gasteiger partial charge in [0.25, 0.3) is 0 Å². The second kappa shape index (κ2) is 30.4. The number of hydrogen-bond donors (Lipinski definition) is 3. The molecular formula is C36H73N3O2. The third-order valence-corrected chi connectivity index (χ3v) is 8.68. The summed E-state index contributed by atoms with van der Waals surface area (Å²) in [4.78, 5) is 25.3. The quantitative estimate of drug-likeness (QED) is 0.0548. The van der Waals surface area contributed by atoms with Crippen LogP contribution in [-0.4, -0.2) is 24.6 Å². The molecule has 5 nitrogen and oxygen atoms in total. The molecule has 0 aliphatic heterocycles. The number of carbonyl (C=O) groups is 2. The van der Waals surface area contributed by atoms with Crippen molar-refractivity contribution < 1.29 is 9.59 Å². The molecular weight excluding hydrogens is 506 g/mol. The zero-order valence-corrected chi connectivity index (χ0v) is 28.3. The van der Waals surface area contributed by atoms with Crippen LogP contribution in [0.2, 0.25) is 0 Å². The molecule has 0 bridgehead atoms. The Kier molecular flexibility index (Phi) is 29.5. The average Bonchev–Trinajstić information content (AvgIpc) is 2.97. The molecule has 244 valence electrons. The van der Waals surface area contributed by atoms with Gasteiger partial charge in [-0.25, -0.2) is 0 Å². The maximum Gasteiger partial charge on any atom is 0.222 e. The van der Waals surface area contributed by atoms with Crippen molar-refractivity contribution in [2.24, 2.45) is 0 Å². The predicted molar refractivity (Wildman–Crippen MR) is 179 cm³/mol. The van der Waals surface area contributed by atoms with E-state index in [-0.39, 0.29) is 11.8 Å². The van der Waals surface area contributed by atoms with Gasteiger partial charge in [0.15, 0.2) is 5.79 Å². The van der Waals surface area contributed by atoms with E-state index in [1.54, 1.807) is 7.05 Å². The number of rotatable bonds is 32. The van der Waals surface area contributed by atoms with Gasteiger partial charge in [0, 0.05) is 19.3 Å². The van der Waals surface area contributed by atoms with Gasteiger partial charge < -0.3 is 10.6 Å². The van der Waals surface area contributed by atoms with Gasteiger partial charge in [0.2, 0.25) is 11.8 Å². The van der Waals surface area contributed by atoms with E-state index in [1.165, 1.54) is 141 Å². The number of carbonyl (C=O) groups excluding carboxylic acids is 2. The summed E-state index contributed by atoms with van der Waals surface area (Å²) in [5.74, 6) is -0.808. The number of hydrogen-bond acceptors (Lipinski definition) is 3. The van der Waals surface area contributed by atoms with Crippen molar-refractivity contribution in [2.45, 2.75) is 213 Å². The zero-order chi connectivity index (χ0) is 30.3. The van der Waals surface area contributed by atoms with Crippen LogP contribution in [0.4, 0.5) is 0 Å². The summed E-state index contributed by atoms with van der Waals surface area (Å²) in [5, 5.41) is 9.30. The molecule has 0 saturated heterocycles. The van der Waals surface area contributed by atoms with Crippen LogP contribution in [-0.2, 0) is 9.59 Å². The fourth-order valence-electron chi connectivity index (χ4n) is 5.72. The molecule has 41 heavy (non-hydrogen) atoms. The van der Waals surface area contributed by atoms with E-state index in [9.17, 15) is 9.59 Å². The molecule has 0 saturated carbocycles. The minimum atomic E-state index is -0.846. The molecule has 0 spiro atoms. The normalized spacial score (nSPS) is 11.6. The topological polar surface area (TPSA) is 70.2 Å². The number of nitrogens with one attached hydrogen (secondary N) is 3. The Morgan fingerprint density at radius 1 is 0.415 bits per heavy atom. The van der Waals surface area contributed by atoms with Crippen molar-refractivity contribution in [2.75, 3.05) is 7.05 Å². The fraction of sp³-hybridized carbons (Fsp3) is 0.944. The number of amides is 2. The first-order valence-electron chi connectivity index (χ1n) is 18.3. The van der Waals surface area contributed by atoms with Gasteiger partial charge in [-0.15, -0.1) is 0 Å². The first-order chi connectivity index (χ1) is 20.0. The molecule has 0 aliphatic carbocycles. The van der Waals surface area contributed by atoms with Crippen LogP contribution < -0.4 is 16.0 Å². The lowest BCUT2D eigenvalue weighted by Gasteiger charge is -2.34. The van der Waals surface area contributed by atoms with Crippen LogP contribution in [0.1, 0.15) is 207 Å². The highest BCUT2D eigenvalue weighted by Gasteiger charge is 2.29. The monoisotopic (exact) mass is 580 g/mol. The fourth-order valence-corrected chi connectivity index (χ4v) is 5.72. The first kappa shape index (κ1) is 39.9. The zero-order valence-electron chi connectivity index (χ0n) is 28.3. The summed E-state index contributed by atoms with van der Waals surface area (Å²) >= 11 is 0. The van der Waals surface area contributed by atoms with Gasteiger partial charge >= 0.3 is 0 Å². The Labute approximate surface area is 256 Å². The first-order valence-corrected chi connectivity index (χ1v) is 18.3. The van der Waals surface area contributed by atoms with Crippen LogP contribution in [0.3, 0.4) is 0 Å². The van der Waals surface area contributed by atoms with Crippen molar-refractivity contribution in [1.29, 1.82) is 0 Å². The third-order valence-electron chi connectivity index (χ3n) is 8.68. The van der Waals surface area contributed by atoms with Crippen LogP contribution in [0.5, 0.6) is 0 Å². The van der Waals surface area contributed by atoms with Crippen molar-refractivity contribution in [3.8, 4) is 0 Å². The molecule has 2 amide bonds. The maximum atomic E-state index is 12.6. The van der Waals surface area contributed by atoms with Gasteiger partial charge in [0.1, 0.15) is 0 Å². The average molecular weight is 580 g/mol. The standard InChI is InChI=1S/C36H73N3O2/c1-5-8-10-12-14-16-18-20-22-24-26-28-30-32-34(40)38-36(7-3,37-4)39-35(41)33-31-29-27-25-23-21-19-17-15-13-11-9-6-2/h37H,5-33H2,1-4H3,(H,38,40)(H,39,41). The van der Waals surface area contributed by atoms with E-state index in [1.807, 2.05) is 6.92 Å². The Morgan fingerprint density at radius 3 is 0.878 bits per heavy atom. The summed E-state index contributed by atoms with van der Waals surface area (Å²) < 4.78 is 0. The highest BCUT2D eigenvalue weighted by molar-refractivity contribution is 5.80. The molecule has 0 aromatic rings. The molecule has 0 aromatic carbocycles. The van der Waals surface area contributed by atoms with Gasteiger partial charge in [-0.2, -0.15) is 0 Å². The van der Waals surface area contributed by atoms with Crippen molar-refractivity contribution in [1.82, 2.24) is 16.0 Å². The smallest absolute Gasteiger partial charge is 0.222 e. The summed E-state index contributed by atoms with van der Waals surface area (Å²) in [6, 6.07) is 0. The lowest BCUT2D eigenvalue weighted by molar-refractivity contribution is -0.128. The van der Waals surface area contributed by atoms with Gasteiger partial charge in [0.05, 0.1) is 0 Å². The maximum absolute atomic E-state index is 12.6. The molecule has 0 aliphatic rings. The van der Waals surface area contributed by atoms with Gasteiger partial charge in [-0.3, -0.25) is 14.9 Å². The molecule has 0 radical (unpaired) electrons. The Morgan fingerprint density at radius 2 is 0.659 bits per heavy atom. The molecule has 0 atom stereocenters. The second-order valence-electron chi connectivity index (χ2n) is 12.6. The lowest BCUT2D eigenvalue weighted by atomic mass is 10.0. The van der Waals surface area contributed by atoms with Crippen molar-refractivity contribution in [3.05, 3.63) is 0 Å². The van der Waals surface area contributed by atoms with Crippen LogP contribution >= 0.6 is 0 Å². The third kappa shape index (κ3) is 26.3. The number of unbranched alkanes of at least 4 members (excludes halogenated alkanes) is 24.